The highest BCUT2D eigenvalue weighted by molar-refractivity contribution is 5.98. The number of benzene rings is 3. The van der Waals surface area contributed by atoms with Crippen molar-refractivity contribution in [3.8, 4) is 0 Å². The summed E-state index contributed by atoms with van der Waals surface area (Å²) in [6.07, 6.45) is 2.38. The first-order valence-corrected chi connectivity index (χ1v) is 19.6. The number of nitrogens with one attached hydrogen (secondary N) is 3. The number of para-hydroxylation sites is 1. The molecule has 3 amide bonds. The fourth-order valence-corrected chi connectivity index (χ4v) is 7.50. The summed E-state index contributed by atoms with van der Waals surface area (Å²) in [4.78, 5) is 86.2. The summed E-state index contributed by atoms with van der Waals surface area (Å²) in [6, 6.07) is 23.1. The zero-order valence-corrected chi connectivity index (χ0v) is 32.2. The zero-order valence-electron chi connectivity index (χ0n) is 32.2. The van der Waals surface area contributed by atoms with Crippen molar-refractivity contribution in [3.63, 3.8) is 0 Å². The van der Waals surface area contributed by atoms with Crippen molar-refractivity contribution >= 4 is 46.2 Å². The number of Topliss-reactive ketones (excluding diaryl/α,β-unsaturated/α-hetero) is 2. The van der Waals surface area contributed by atoms with Gasteiger partial charge >= 0.3 is 5.97 Å². The van der Waals surface area contributed by atoms with Gasteiger partial charge in [-0.05, 0) is 48.9 Å². The molecular weight excluding hydrogens is 729 g/mol. The van der Waals surface area contributed by atoms with Gasteiger partial charge in [0.05, 0.1) is 25.8 Å². The average molecular weight is 779 g/mol. The summed E-state index contributed by atoms with van der Waals surface area (Å²) in [5, 5.41) is 6.85. The molecule has 57 heavy (non-hydrogen) atoms. The summed E-state index contributed by atoms with van der Waals surface area (Å²) in [5.41, 5.74) is 3.35. The van der Waals surface area contributed by atoms with Crippen LogP contribution in [-0.2, 0) is 62.2 Å². The summed E-state index contributed by atoms with van der Waals surface area (Å²) in [7, 11) is 0. The number of ketones is 2. The number of aromatic nitrogens is 1. The molecule has 1 aromatic heterocycles. The van der Waals surface area contributed by atoms with Gasteiger partial charge in [-0.2, -0.15) is 0 Å². The molecule has 300 valence electrons. The van der Waals surface area contributed by atoms with Crippen LogP contribution in [0, 0.1) is 5.92 Å². The number of H-pyrrole nitrogens is 1. The van der Waals surface area contributed by atoms with Crippen LogP contribution in [-0.4, -0.2) is 102 Å². The molecule has 5 atom stereocenters. The van der Waals surface area contributed by atoms with Crippen molar-refractivity contribution in [1.82, 2.24) is 20.5 Å². The highest BCUT2D eigenvalue weighted by atomic mass is 16.6. The van der Waals surface area contributed by atoms with Gasteiger partial charge in [-0.15, -0.1) is 0 Å². The first-order chi connectivity index (χ1) is 27.6. The molecule has 3 heterocycles. The van der Waals surface area contributed by atoms with Gasteiger partial charge in [0.15, 0.2) is 5.78 Å². The van der Waals surface area contributed by atoms with Crippen LogP contribution in [0.1, 0.15) is 49.3 Å². The van der Waals surface area contributed by atoms with E-state index in [0.717, 1.165) is 27.6 Å². The third-order valence-corrected chi connectivity index (χ3v) is 10.4. The maximum Gasteiger partial charge on any atom is 0.332 e. The van der Waals surface area contributed by atoms with Crippen LogP contribution < -0.4 is 10.6 Å². The summed E-state index contributed by atoms with van der Waals surface area (Å²) in [5.74, 6) is -3.25. The average Bonchev–Trinajstić information content (AvgIpc) is 3.82. The number of carbonyl (C=O) groups is 6. The Hall–Kier alpha value is -5.66. The van der Waals surface area contributed by atoms with E-state index in [-0.39, 0.29) is 70.0 Å². The van der Waals surface area contributed by atoms with E-state index >= 15 is 0 Å². The van der Waals surface area contributed by atoms with E-state index < -0.39 is 53.8 Å². The number of hydrogen-bond donors (Lipinski definition) is 3. The van der Waals surface area contributed by atoms with E-state index in [1.165, 1.54) is 11.8 Å². The van der Waals surface area contributed by atoms with E-state index in [4.69, 9.17) is 14.2 Å². The molecule has 3 N–H and O–H groups in total. The minimum atomic E-state index is -1.08. The van der Waals surface area contributed by atoms with E-state index in [1.807, 2.05) is 91.1 Å². The van der Waals surface area contributed by atoms with Gasteiger partial charge in [-0.1, -0.05) is 78.9 Å². The Kier molecular flexibility index (Phi) is 14.4. The third-order valence-electron chi connectivity index (χ3n) is 10.4. The number of ether oxygens (including phenoxy) is 3. The van der Waals surface area contributed by atoms with Crippen LogP contribution in [0.25, 0.3) is 10.9 Å². The third kappa shape index (κ3) is 11.5. The maximum atomic E-state index is 14.6. The van der Waals surface area contributed by atoms with Gasteiger partial charge in [0.1, 0.15) is 30.6 Å². The molecule has 0 radical (unpaired) electrons. The molecular formula is C44H50N4O9. The second kappa shape index (κ2) is 20.0. The van der Waals surface area contributed by atoms with Crippen LogP contribution in [0.3, 0.4) is 0 Å². The van der Waals surface area contributed by atoms with Gasteiger partial charge in [0, 0.05) is 55.3 Å². The first-order valence-electron chi connectivity index (χ1n) is 19.6. The van der Waals surface area contributed by atoms with Crippen molar-refractivity contribution in [2.45, 2.75) is 76.1 Å². The molecule has 2 saturated heterocycles. The van der Waals surface area contributed by atoms with Crippen molar-refractivity contribution < 1.29 is 43.0 Å². The monoisotopic (exact) mass is 778 g/mol. The molecule has 0 spiro atoms. The van der Waals surface area contributed by atoms with Crippen molar-refractivity contribution in [3.05, 3.63) is 108 Å². The molecule has 4 aromatic rings. The van der Waals surface area contributed by atoms with Crippen molar-refractivity contribution in [2.75, 3.05) is 33.0 Å². The number of rotatable bonds is 16. The standard InChI is InChI=1S/C44H50N4O9/c1-29(49)11-10-18-55-19-20-56-28-41(51)57-34-25-39-43(53)46-37(21-30-12-4-2-5-13-30)40(50)24-32(23-33-26-45-36-17-9-8-16-35(33)36)42(52)47-38(44(54)48(39)27-34)22-31-14-6-3-7-15-31/h2-9,12-17,26,32,34,37-39,45H,10-11,18-25,27-28H2,1H3,(H,46,53)(H,47,52)/t32-,34+,37-,38-,39+/m0/s1. The molecule has 2 aliphatic heterocycles. The molecule has 13 heteroatoms. The Morgan fingerprint density at radius 3 is 2.12 bits per heavy atom. The highest BCUT2D eigenvalue weighted by Crippen LogP contribution is 2.27. The van der Waals surface area contributed by atoms with Gasteiger partial charge in [0.2, 0.25) is 17.7 Å². The highest BCUT2D eigenvalue weighted by Gasteiger charge is 2.45. The van der Waals surface area contributed by atoms with E-state index in [2.05, 4.69) is 15.6 Å². The largest absolute Gasteiger partial charge is 0.459 e. The van der Waals surface area contributed by atoms with Crippen molar-refractivity contribution in [1.29, 1.82) is 0 Å². The maximum absolute atomic E-state index is 14.6. The Morgan fingerprint density at radius 1 is 0.754 bits per heavy atom. The lowest BCUT2D eigenvalue weighted by Gasteiger charge is -2.32. The fraction of sp³-hybridized carbons (Fsp3) is 0.409. The zero-order chi connectivity index (χ0) is 40.1. The number of amides is 3. The summed E-state index contributed by atoms with van der Waals surface area (Å²) in [6.45, 7) is 1.83. The van der Waals surface area contributed by atoms with Gasteiger partial charge in [0.25, 0.3) is 0 Å². The number of carbonyl (C=O) groups excluding carboxylic acids is 6. The van der Waals surface area contributed by atoms with Gasteiger partial charge in [-0.25, -0.2) is 4.79 Å². The minimum Gasteiger partial charge on any atom is -0.459 e. The van der Waals surface area contributed by atoms with Crippen LogP contribution in [0.15, 0.2) is 91.1 Å². The molecule has 13 nitrogen and oxygen atoms in total. The van der Waals surface area contributed by atoms with E-state index in [0.29, 0.717) is 19.4 Å². The molecule has 6 rings (SSSR count). The number of nitrogens with zero attached hydrogens (tertiary/aromatic N) is 1. The topological polar surface area (TPSA) is 173 Å². The Labute approximate surface area is 331 Å². The predicted molar refractivity (Wildman–Crippen MR) is 211 cm³/mol. The number of esters is 1. The smallest absolute Gasteiger partial charge is 0.332 e. The second-order valence-electron chi connectivity index (χ2n) is 14.8. The number of fused-ring (bicyclic) bond motifs is 2. The minimum absolute atomic E-state index is 0.00991. The van der Waals surface area contributed by atoms with Crippen LogP contribution in [0.4, 0.5) is 0 Å². The molecule has 2 aliphatic rings. The van der Waals surface area contributed by atoms with Crippen LogP contribution in [0.5, 0.6) is 0 Å². The molecule has 0 bridgehead atoms. The van der Waals surface area contributed by atoms with Crippen LogP contribution in [0.2, 0.25) is 0 Å². The summed E-state index contributed by atoms with van der Waals surface area (Å²) >= 11 is 0. The quantitative estimate of drug-likeness (QED) is 0.113. The Morgan fingerprint density at radius 2 is 1.40 bits per heavy atom. The lowest BCUT2D eigenvalue weighted by Crippen LogP contribution is -2.58. The van der Waals surface area contributed by atoms with E-state index in [1.54, 1.807) is 0 Å². The molecule has 0 aliphatic carbocycles. The molecule has 0 unspecified atom stereocenters. The second-order valence-corrected chi connectivity index (χ2v) is 14.8. The van der Waals surface area contributed by atoms with Crippen LogP contribution >= 0.6 is 0 Å². The first kappa shape index (κ1) is 41.0. The predicted octanol–water partition coefficient (Wildman–Crippen LogP) is 3.67. The Balaban J connectivity index is 1.23. The molecule has 0 saturated carbocycles. The molecule has 2 fully saturated rings. The molecule has 3 aromatic carbocycles. The van der Waals surface area contributed by atoms with Crippen molar-refractivity contribution in [2.24, 2.45) is 5.92 Å². The number of hydrogen-bond acceptors (Lipinski definition) is 9. The summed E-state index contributed by atoms with van der Waals surface area (Å²) < 4.78 is 16.6. The normalized spacial score (nSPS) is 21.6. The number of aromatic amines is 1. The SMILES string of the molecule is CC(=O)CCCOCCOCC(=O)O[C@@H]1C[C@@H]2C(=O)N[C@@H](Cc3ccccc3)C(=O)C[C@H](Cc3c[nH]c4ccccc34)C(=O)N[C@@H](Cc3ccccc3)C(=O)N2C1. The fourth-order valence-electron chi connectivity index (χ4n) is 7.50. The van der Waals surface area contributed by atoms with Gasteiger partial charge in [-0.3, -0.25) is 19.2 Å². The van der Waals surface area contributed by atoms with E-state index in [9.17, 15) is 28.8 Å². The van der Waals surface area contributed by atoms with Gasteiger partial charge < -0.3 is 39.5 Å². The lowest BCUT2D eigenvalue weighted by atomic mass is 9.88. The lowest BCUT2D eigenvalue weighted by molar-refractivity contribution is -0.155. The Bertz CT molecular complexity index is 2020.